The molecule has 54 heavy (non-hydrogen) atoms. The van der Waals surface area contributed by atoms with Crippen LogP contribution in [0.1, 0.15) is 68.8 Å². The number of hydrogen-bond acceptors (Lipinski definition) is 11. The van der Waals surface area contributed by atoms with E-state index < -0.39 is 51.9 Å². The predicted octanol–water partition coefficient (Wildman–Crippen LogP) is 4.39. The van der Waals surface area contributed by atoms with Crippen LogP contribution < -0.4 is 10.6 Å². The van der Waals surface area contributed by atoms with Gasteiger partial charge in [-0.1, -0.05) is 54.0 Å². The summed E-state index contributed by atoms with van der Waals surface area (Å²) < 4.78 is 40.7. The zero-order valence-corrected chi connectivity index (χ0v) is 33.5. The number of nitrogens with zero attached hydrogens (tertiary/aromatic N) is 4. The number of ether oxygens (including phenoxy) is 2. The summed E-state index contributed by atoms with van der Waals surface area (Å²) in [5.41, 5.74) is 1.35. The maximum Gasteiger partial charge on any atom is 0.318 e. The van der Waals surface area contributed by atoms with Crippen LogP contribution in [0, 0.1) is 5.92 Å². The van der Waals surface area contributed by atoms with E-state index in [9.17, 15) is 23.1 Å². The molecule has 4 atom stereocenters. The maximum atomic E-state index is 14.3. The molecule has 296 valence electrons. The minimum atomic E-state index is -4.08. The lowest BCUT2D eigenvalue weighted by Gasteiger charge is -2.36. The van der Waals surface area contributed by atoms with Crippen molar-refractivity contribution in [2.45, 2.75) is 101 Å². The Hall–Kier alpha value is -3.93. The highest BCUT2D eigenvalue weighted by Crippen LogP contribution is 2.30. The number of urea groups is 1. The molecule has 0 unspecified atom stereocenters. The van der Waals surface area contributed by atoms with E-state index >= 15 is 0 Å². The largest absolute Gasteiger partial charge is 0.411 e. The molecule has 0 saturated heterocycles. The van der Waals surface area contributed by atoms with Crippen LogP contribution in [0.3, 0.4) is 0 Å². The molecule has 0 aliphatic heterocycles. The highest BCUT2D eigenvalue weighted by Gasteiger charge is 2.37. The van der Waals surface area contributed by atoms with Crippen molar-refractivity contribution >= 4 is 39.5 Å². The highest BCUT2D eigenvalue weighted by molar-refractivity contribution is 7.89. The van der Waals surface area contributed by atoms with E-state index in [1.54, 1.807) is 21.1 Å². The fourth-order valence-corrected chi connectivity index (χ4v) is 8.42. The number of benzene rings is 2. The Morgan fingerprint density at radius 1 is 1.11 bits per heavy atom. The molecule has 1 fully saturated rings. The molecule has 0 radical (unpaired) electrons. The summed E-state index contributed by atoms with van der Waals surface area (Å²) in [4.78, 5) is 33.8. The van der Waals surface area contributed by atoms with Crippen LogP contribution >= 0.6 is 11.3 Å². The van der Waals surface area contributed by atoms with Crippen LogP contribution in [0.5, 0.6) is 0 Å². The molecule has 3 amide bonds. The molecule has 3 aromatic rings. The number of amides is 3. The van der Waals surface area contributed by atoms with Crippen molar-refractivity contribution in [3.8, 4) is 0 Å². The molecule has 1 heterocycles. The lowest BCUT2D eigenvalue weighted by atomic mass is 9.85. The van der Waals surface area contributed by atoms with Gasteiger partial charge in [-0.2, -0.15) is 4.31 Å². The van der Waals surface area contributed by atoms with Gasteiger partial charge in [-0.25, -0.2) is 18.2 Å². The molecule has 1 saturated carbocycles. The zero-order valence-electron chi connectivity index (χ0n) is 31.8. The SMILES string of the molecule is COCc1nc(CN(C)C(=O)N[C@H](C(=O)N[C@@H](Cc2ccccc2)[C@@H](O)CN(CC2CCC2)S(=O)(=O)c2ccc(C=NO)cc2)[C@@H](C)OC(C)(C)C)cs1. The number of carbonyl (C=O) groups excluding carboxylic acids is 2. The number of sulfonamides is 1. The first kappa shape index (κ1) is 42.8. The van der Waals surface area contributed by atoms with Gasteiger partial charge >= 0.3 is 6.03 Å². The van der Waals surface area contributed by atoms with Crippen molar-refractivity contribution in [2.75, 3.05) is 27.2 Å². The topological polar surface area (TPSA) is 183 Å². The first-order valence-corrected chi connectivity index (χ1v) is 20.3. The number of nitrogens with one attached hydrogen (secondary N) is 2. The average molecular weight is 787 g/mol. The van der Waals surface area contributed by atoms with Crippen LogP contribution in [-0.4, -0.2) is 108 Å². The highest BCUT2D eigenvalue weighted by atomic mass is 32.2. The second kappa shape index (κ2) is 19.6. The number of rotatable bonds is 19. The van der Waals surface area contributed by atoms with Gasteiger partial charge in [0.25, 0.3) is 0 Å². The smallest absolute Gasteiger partial charge is 0.318 e. The Kier molecular flexibility index (Phi) is 15.5. The number of oxime groups is 1. The van der Waals surface area contributed by atoms with E-state index in [1.807, 2.05) is 56.5 Å². The van der Waals surface area contributed by atoms with Gasteiger partial charge in [-0.3, -0.25) is 4.79 Å². The minimum Gasteiger partial charge on any atom is -0.411 e. The summed E-state index contributed by atoms with van der Waals surface area (Å²) in [6, 6.07) is 12.5. The Morgan fingerprint density at radius 3 is 2.39 bits per heavy atom. The molecule has 2 aromatic carbocycles. The third-order valence-electron chi connectivity index (χ3n) is 9.08. The third kappa shape index (κ3) is 12.6. The Morgan fingerprint density at radius 2 is 1.80 bits per heavy atom. The lowest BCUT2D eigenvalue weighted by Crippen LogP contribution is -2.60. The van der Waals surface area contributed by atoms with Crippen molar-refractivity contribution in [3.05, 3.63) is 81.8 Å². The lowest BCUT2D eigenvalue weighted by molar-refractivity contribution is -0.132. The quantitative estimate of drug-likeness (QED) is 0.0778. The molecular weight excluding hydrogens is 733 g/mol. The van der Waals surface area contributed by atoms with Gasteiger partial charge in [-0.05, 0) is 76.1 Å². The molecule has 14 nitrogen and oxygen atoms in total. The molecule has 1 aliphatic carbocycles. The summed E-state index contributed by atoms with van der Waals surface area (Å²) in [6.07, 6.45) is 1.99. The van der Waals surface area contributed by atoms with Crippen molar-refractivity contribution in [3.63, 3.8) is 0 Å². The van der Waals surface area contributed by atoms with Crippen LogP contribution in [-0.2, 0) is 43.9 Å². The van der Waals surface area contributed by atoms with Crippen molar-refractivity contribution < 1.29 is 37.8 Å². The van der Waals surface area contributed by atoms with E-state index in [0.29, 0.717) is 17.9 Å². The number of thiazole rings is 1. The normalized spacial score (nSPS) is 16.1. The van der Waals surface area contributed by atoms with Crippen LogP contribution in [0.25, 0.3) is 0 Å². The van der Waals surface area contributed by atoms with Gasteiger partial charge in [0.1, 0.15) is 11.0 Å². The molecule has 4 rings (SSSR count). The average Bonchev–Trinajstić information content (AvgIpc) is 3.54. The summed E-state index contributed by atoms with van der Waals surface area (Å²) in [5, 5.41) is 32.2. The number of carbonyl (C=O) groups is 2. The summed E-state index contributed by atoms with van der Waals surface area (Å²) in [7, 11) is -0.895. The molecular formula is C38H54N6O8S2. The second-order valence-corrected chi connectivity index (χ2v) is 17.6. The Balaban J connectivity index is 1.59. The Bertz CT molecular complexity index is 1780. The van der Waals surface area contributed by atoms with Gasteiger partial charge in [0.2, 0.25) is 15.9 Å². The van der Waals surface area contributed by atoms with E-state index in [2.05, 4.69) is 20.8 Å². The third-order valence-corrected chi connectivity index (χ3v) is 11.8. The number of methoxy groups -OCH3 is 1. The first-order valence-electron chi connectivity index (χ1n) is 18.0. The van der Waals surface area contributed by atoms with Crippen molar-refractivity contribution in [2.24, 2.45) is 11.1 Å². The number of aliphatic hydroxyl groups excluding tert-OH is 1. The van der Waals surface area contributed by atoms with Gasteiger partial charge in [0, 0.05) is 32.6 Å². The number of hydrogen-bond donors (Lipinski definition) is 4. The van der Waals surface area contributed by atoms with Crippen molar-refractivity contribution in [1.82, 2.24) is 24.8 Å². The molecule has 16 heteroatoms. The van der Waals surface area contributed by atoms with E-state index in [0.717, 1.165) is 29.8 Å². The molecule has 0 spiro atoms. The van der Waals surface area contributed by atoms with Gasteiger partial charge < -0.3 is 35.3 Å². The number of aliphatic hydroxyl groups is 1. The van der Waals surface area contributed by atoms with E-state index in [4.69, 9.17) is 14.7 Å². The van der Waals surface area contributed by atoms with E-state index in [1.165, 1.54) is 51.0 Å². The fourth-order valence-electron chi connectivity index (χ4n) is 6.13. The predicted molar refractivity (Wildman–Crippen MR) is 207 cm³/mol. The van der Waals surface area contributed by atoms with Crippen LogP contribution in [0.15, 0.2) is 70.0 Å². The summed E-state index contributed by atoms with van der Waals surface area (Å²) in [5.74, 6) is -0.461. The molecule has 4 N–H and O–H groups in total. The molecule has 1 aromatic heterocycles. The summed E-state index contributed by atoms with van der Waals surface area (Å²) >= 11 is 1.43. The minimum absolute atomic E-state index is 0.0281. The zero-order chi connectivity index (χ0) is 39.5. The first-order chi connectivity index (χ1) is 25.6. The number of aromatic nitrogens is 1. The second-order valence-electron chi connectivity index (χ2n) is 14.7. The molecule has 1 aliphatic rings. The van der Waals surface area contributed by atoms with Crippen LogP contribution in [0.4, 0.5) is 4.79 Å². The summed E-state index contributed by atoms with van der Waals surface area (Å²) in [6.45, 7) is 7.70. The van der Waals surface area contributed by atoms with Crippen LogP contribution in [0.2, 0.25) is 0 Å². The fraction of sp³-hybridized carbons (Fsp3) is 0.526. The van der Waals surface area contributed by atoms with Gasteiger partial charge in [-0.15, -0.1) is 11.3 Å². The standard InChI is InChI=1S/C38H54N6O8S2/c1-26(52-38(2,3)4)35(42-37(47)43(5)22-30-25-53-34(40-30)24-51-6)36(46)41-32(19-27-11-8-7-9-12-27)33(45)23-44(21-29-13-10-14-29)54(49,50)31-17-15-28(16-18-31)20-39-48/h7-9,11-12,15-18,20,25-26,29,32-33,35,45,48H,10,13-14,19,21-24H2,1-6H3,(H,41,46)(H,42,47)/t26-,32+,33+,35+/m1/s1. The molecule has 0 bridgehead atoms. The van der Waals surface area contributed by atoms with Crippen molar-refractivity contribution in [1.29, 1.82) is 0 Å². The van der Waals surface area contributed by atoms with Gasteiger partial charge in [0.15, 0.2) is 0 Å². The van der Waals surface area contributed by atoms with E-state index in [-0.39, 0.29) is 36.9 Å². The van der Waals surface area contributed by atoms with Gasteiger partial charge in [0.05, 0.1) is 53.8 Å². The maximum absolute atomic E-state index is 14.3. The Labute approximate surface area is 322 Å². The monoisotopic (exact) mass is 786 g/mol.